The molecule has 0 saturated carbocycles. The Morgan fingerprint density at radius 2 is 0.817 bits per heavy atom. The first-order valence-electron chi connectivity index (χ1n) is 23.4. The summed E-state index contributed by atoms with van der Waals surface area (Å²) < 4.78 is 34.1. The van der Waals surface area contributed by atoms with Crippen LogP contribution >= 0.6 is 0 Å². The molecule has 5 rings (SSSR count). The van der Waals surface area contributed by atoms with E-state index in [0.717, 1.165) is 6.42 Å². The van der Waals surface area contributed by atoms with Crippen LogP contribution in [0.25, 0.3) is 33.9 Å². The molecule has 16 N–H and O–H groups in total. The summed E-state index contributed by atoms with van der Waals surface area (Å²) in [5.74, 6) is 4.25. The Bertz CT molecular complexity index is 2550. The number of aliphatic imine (C=N–C) groups is 5. The second-order valence-corrected chi connectivity index (χ2v) is 16.2. The van der Waals surface area contributed by atoms with Crippen molar-refractivity contribution in [3.63, 3.8) is 0 Å². The van der Waals surface area contributed by atoms with E-state index in [0.29, 0.717) is 172 Å². The van der Waals surface area contributed by atoms with Crippen LogP contribution in [0.1, 0.15) is 59.3 Å². The van der Waals surface area contributed by atoms with Gasteiger partial charge in [-0.05, 0) is 31.5 Å². The van der Waals surface area contributed by atoms with Crippen LogP contribution in [0.2, 0.25) is 0 Å². The zero-order valence-electron chi connectivity index (χ0n) is 40.8. The minimum absolute atomic E-state index is 0.0201. The third kappa shape index (κ3) is 19.0. The van der Waals surface area contributed by atoms with Gasteiger partial charge in [0.25, 0.3) is 0 Å². The van der Waals surface area contributed by atoms with Gasteiger partial charge in [-0.15, -0.1) is 10.2 Å². The van der Waals surface area contributed by atoms with Gasteiger partial charge < -0.3 is 69.6 Å². The van der Waals surface area contributed by atoms with Crippen LogP contribution in [0.5, 0.6) is 28.7 Å². The molecule has 24 heteroatoms. The summed E-state index contributed by atoms with van der Waals surface area (Å²) in [4.78, 5) is 20.9. The van der Waals surface area contributed by atoms with Crippen LogP contribution in [0, 0.1) is 5.92 Å². The molecule has 0 radical (unpaired) electrons. The van der Waals surface area contributed by atoms with E-state index >= 15 is 0 Å². The Labute approximate surface area is 413 Å². The van der Waals surface area contributed by atoms with Gasteiger partial charge in [0.15, 0.2) is 17.9 Å². The van der Waals surface area contributed by atoms with Crippen molar-refractivity contribution < 1.29 is 23.7 Å². The Morgan fingerprint density at radius 1 is 0.479 bits per heavy atom. The molecule has 0 saturated heterocycles. The van der Waals surface area contributed by atoms with E-state index in [9.17, 15) is 0 Å². The molecule has 2 heterocycles. The van der Waals surface area contributed by atoms with Crippen molar-refractivity contribution in [1.82, 2.24) is 30.0 Å². The van der Waals surface area contributed by atoms with Crippen molar-refractivity contribution in [2.45, 2.75) is 59.3 Å². The topological polar surface area (TPSA) is 378 Å². The molecule has 0 aliphatic carbocycles. The number of aromatic nitrogens is 6. The highest BCUT2D eigenvalue weighted by Gasteiger charge is 2.16. The van der Waals surface area contributed by atoms with E-state index < -0.39 is 0 Å². The Kier molecular flexibility index (Phi) is 21.3. The minimum Gasteiger partial charge on any atom is -0.493 e. The molecule has 0 bridgehead atoms. The molecule has 71 heavy (non-hydrogen) atoms. The van der Waals surface area contributed by atoms with Gasteiger partial charge in [-0.25, -0.2) is 9.36 Å². The lowest BCUT2D eigenvalue weighted by molar-refractivity contribution is 0.297. The number of amidine groups is 2. The molecule has 0 amide bonds. The summed E-state index contributed by atoms with van der Waals surface area (Å²) in [6.07, 6.45) is 7.62. The molecule has 1 atom stereocenters. The number of benzene rings is 3. The first kappa shape index (κ1) is 53.6. The summed E-state index contributed by atoms with van der Waals surface area (Å²) in [5.41, 5.74) is 48.7. The molecule has 0 aliphatic rings. The highest BCUT2D eigenvalue weighted by atomic mass is 16.5. The summed E-state index contributed by atoms with van der Waals surface area (Å²) in [6.45, 7) is 10.1. The molecule has 0 spiro atoms. The molecule has 2 aromatic heterocycles. The number of ether oxygens (including phenoxy) is 5. The number of hydrogen-bond acceptors (Lipinski definition) is 14. The number of nitrogens with two attached hydrogens (primary N) is 8. The standard InChI is InChI=1S/C47H69N19O5/c1-4-31(2)44(49)57-11-6-16-68-38-23-35(24-39(27-38)69-17-7-12-58-45(50)51)65-29-42(61-63-65)33-20-34(22-37(21-33)67-15-5-10-56-32(3)48)43-30-66(64-62-43)36-25-40(70-18-8-13-59-46(52)53)28-41(26-36)71-19-9-14-60-47(54)55/h20-31H,4-19H2,1-3H3,(H2,48,56)(H2,49,57)(H4,50,51,58)(H4,52,53,59)(H4,54,55,60). The lowest BCUT2D eigenvalue weighted by Gasteiger charge is -2.12. The van der Waals surface area contributed by atoms with Crippen molar-refractivity contribution in [2.24, 2.45) is 76.7 Å². The normalized spacial score (nSPS) is 11.9. The SMILES string of the molecule is CCC(C)C(N)=NCCCOc1cc(OCCCN=C(N)N)cc(-n2cc(-c3cc(OCCCN=C(C)N)cc(-c4cn(-c5cc(OCCCN=C(N)N)cc(OCCCN=C(N)N)c5)nn4)c3)nn2)c1. The van der Waals surface area contributed by atoms with Gasteiger partial charge in [0.05, 0.1) is 68.5 Å². The Morgan fingerprint density at radius 3 is 1.15 bits per heavy atom. The molecular weight excluding hydrogens is 911 g/mol. The van der Waals surface area contributed by atoms with Gasteiger partial charge in [0.1, 0.15) is 40.1 Å². The number of guanidine groups is 3. The average Bonchev–Trinajstić information content (AvgIpc) is 4.05. The van der Waals surface area contributed by atoms with Crippen molar-refractivity contribution in [3.8, 4) is 62.6 Å². The molecule has 0 aliphatic heterocycles. The number of nitrogens with zero attached hydrogens (tertiary/aromatic N) is 11. The molecule has 1 unspecified atom stereocenters. The van der Waals surface area contributed by atoms with E-state index in [1.165, 1.54) is 0 Å². The fraction of sp³-hybridized carbons (Fsp3) is 0.426. The maximum absolute atomic E-state index is 6.28. The van der Waals surface area contributed by atoms with Crippen LogP contribution < -0.4 is 69.6 Å². The lowest BCUT2D eigenvalue weighted by Crippen LogP contribution is -2.23. The monoisotopic (exact) mass is 980 g/mol. The first-order valence-corrected chi connectivity index (χ1v) is 23.4. The summed E-state index contributed by atoms with van der Waals surface area (Å²) in [7, 11) is 0. The maximum Gasteiger partial charge on any atom is 0.185 e. The first-order chi connectivity index (χ1) is 34.3. The highest BCUT2D eigenvalue weighted by molar-refractivity contribution is 5.82. The fourth-order valence-corrected chi connectivity index (χ4v) is 6.46. The van der Waals surface area contributed by atoms with E-state index in [-0.39, 0.29) is 23.8 Å². The quantitative estimate of drug-likeness (QED) is 0.0180. The van der Waals surface area contributed by atoms with Gasteiger partial charge >= 0.3 is 0 Å². The van der Waals surface area contributed by atoms with Crippen molar-refractivity contribution in [3.05, 3.63) is 67.0 Å². The second kappa shape index (κ2) is 28.2. The predicted molar refractivity (Wildman–Crippen MR) is 278 cm³/mol. The maximum atomic E-state index is 6.28. The minimum atomic E-state index is 0.0201. The Hall–Kier alpha value is -8.31. The molecule has 24 nitrogen and oxygen atoms in total. The largest absolute Gasteiger partial charge is 0.493 e. The van der Waals surface area contributed by atoms with Crippen LogP contribution in [0.4, 0.5) is 0 Å². The van der Waals surface area contributed by atoms with Crippen LogP contribution in [0.15, 0.2) is 92.0 Å². The van der Waals surface area contributed by atoms with E-state index in [1.807, 2.05) is 54.7 Å². The number of rotatable bonds is 31. The highest BCUT2D eigenvalue weighted by Crippen LogP contribution is 2.33. The van der Waals surface area contributed by atoms with Gasteiger partial charge in [-0.3, -0.25) is 25.0 Å². The predicted octanol–water partition coefficient (Wildman–Crippen LogP) is 2.63. The summed E-state index contributed by atoms with van der Waals surface area (Å²) in [6, 6.07) is 16.7. The smallest absolute Gasteiger partial charge is 0.185 e. The fourth-order valence-electron chi connectivity index (χ4n) is 6.46. The van der Waals surface area contributed by atoms with Gasteiger partial charge in [-0.1, -0.05) is 24.3 Å². The third-order valence-corrected chi connectivity index (χ3v) is 10.3. The van der Waals surface area contributed by atoms with E-state index in [2.05, 4.69) is 59.4 Å². The third-order valence-electron chi connectivity index (χ3n) is 10.3. The lowest BCUT2D eigenvalue weighted by atomic mass is 10.1. The van der Waals surface area contributed by atoms with Crippen LogP contribution in [-0.4, -0.2) is 125 Å². The Balaban J connectivity index is 1.44. The zero-order chi connectivity index (χ0) is 51.0. The summed E-state index contributed by atoms with van der Waals surface area (Å²) in [5, 5.41) is 18.2. The van der Waals surface area contributed by atoms with Crippen molar-refractivity contribution in [2.75, 3.05) is 65.8 Å². The van der Waals surface area contributed by atoms with Crippen LogP contribution in [0.3, 0.4) is 0 Å². The van der Waals surface area contributed by atoms with E-state index in [4.69, 9.17) is 69.6 Å². The van der Waals surface area contributed by atoms with Crippen molar-refractivity contribution >= 4 is 29.5 Å². The molecule has 3 aromatic carbocycles. The zero-order valence-corrected chi connectivity index (χ0v) is 40.8. The molecule has 382 valence electrons. The van der Waals surface area contributed by atoms with E-state index in [1.54, 1.807) is 28.6 Å². The van der Waals surface area contributed by atoms with Crippen molar-refractivity contribution in [1.29, 1.82) is 0 Å². The number of hydrogen-bond donors (Lipinski definition) is 8. The molecule has 0 fully saturated rings. The molecular formula is C47H69N19O5. The van der Waals surface area contributed by atoms with Crippen LogP contribution in [-0.2, 0) is 0 Å². The van der Waals surface area contributed by atoms with Gasteiger partial charge in [0, 0.05) is 118 Å². The van der Waals surface area contributed by atoms with Gasteiger partial charge in [0.2, 0.25) is 0 Å². The molecule has 5 aromatic rings. The summed E-state index contributed by atoms with van der Waals surface area (Å²) >= 11 is 0. The second-order valence-electron chi connectivity index (χ2n) is 16.2. The van der Waals surface area contributed by atoms with Gasteiger partial charge in [-0.2, -0.15) is 0 Å². The average molecular weight is 980 g/mol.